The maximum absolute atomic E-state index is 12.8. The molecule has 0 aromatic carbocycles. The maximum atomic E-state index is 12.8. The molecule has 6 unspecified atom stereocenters. The van der Waals surface area contributed by atoms with Gasteiger partial charge in [-0.25, -0.2) is 4.57 Å². The lowest BCUT2D eigenvalue weighted by Gasteiger charge is -2.41. The first kappa shape index (κ1) is 60.8. The Hall–Kier alpha value is -2.19. The first-order valence-corrected chi connectivity index (χ1v) is 26.9. The van der Waals surface area contributed by atoms with E-state index in [0.29, 0.717) is 12.8 Å². The fourth-order valence-corrected chi connectivity index (χ4v) is 8.56. The zero-order valence-corrected chi connectivity index (χ0v) is 41.2. The third-order valence-electron chi connectivity index (χ3n) is 11.7. The molecule has 0 saturated heterocycles. The number of rotatable bonds is 42. The highest BCUT2D eigenvalue weighted by Gasteiger charge is 2.51. The van der Waals surface area contributed by atoms with E-state index in [1.807, 2.05) is 0 Å². The molecule has 13 nitrogen and oxygen atoms in total. The Balaban J connectivity index is 2.40. The molecule has 1 fully saturated rings. The molecule has 65 heavy (non-hydrogen) atoms. The van der Waals surface area contributed by atoms with E-state index in [4.69, 9.17) is 18.5 Å². The molecule has 8 atom stereocenters. The normalized spacial score (nSPS) is 21.8. The summed E-state index contributed by atoms with van der Waals surface area (Å²) in [5, 5.41) is 50.2. The molecule has 0 aromatic heterocycles. The van der Waals surface area contributed by atoms with Crippen LogP contribution in [0.5, 0.6) is 0 Å². The highest BCUT2D eigenvalue weighted by atomic mass is 31.2. The Morgan fingerprint density at radius 3 is 1.35 bits per heavy atom. The first-order chi connectivity index (χ1) is 31.4. The van der Waals surface area contributed by atoms with E-state index in [-0.39, 0.29) is 12.8 Å². The summed E-state index contributed by atoms with van der Waals surface area (Å²) in [5.41, 5.74) is 0. The van der Waals surface area contributed by atoms with Crippen LogP contribution in [0.25, 0.3) is 0 Å². The van der Waals surface area contributed by atoms with E-state index >= 15 is 0 Å². The summed E-state index contributed by atoms with van der Waals surface area (Å²) in [7, 11) is -5.13. The third-order valence-corrected chi connectivity index (χ3v) is 12.6. The fraction of sp³-hybridized carbons (Fsp3) is 0.804. The molecule has 6 N–H and O–H groups in total. The van der Waals surface area contributed by atoms with Gasteiger partial charge in [-0.2, -0.15) is 0 Å². The summed E-state index contributed by atoms with van der Waals surface area (Å²) in [6.07, 6.45) is 35.9. The molecule has 0 bridgehead atoms. The highest BCUT2D eigenvalue weighted by Crippen LogP contribution is 2.47. The van der Waals surface area contributed by atoms with Crippen LogP contribution in [0.4, 0.5) is 0 Å². The first-order valence-electron chi connectivity index (χ1n) is 25.4. The lowest BCUT2D eigenvalue weighted by Crippen LogP contribution is -2.64. The van der Waals surface area contributed by atoms with E-state index < -0.39 is 75.7 Å². The van der Waals surface area contributed by atoms with Crippen LogP contribution in [0.1, 0.15) is 206 Å². The van der Waals surface area contributed by atoms with Gasteiger partial charge >= 0.3 is 19.8 Å². The number of hydrogen-bond donors (Lipinski definition) is 6. The second-order valence-corrected chi connectivity index (χ2v) is 19.0. The summed E-state index contributed by atoms with van der Waals surface area (Å²) >= 11 is 0. The van der Waals surface area contributed by atoms with Crippen molar-refractivity contribution in [2.45, 2.75) is 249 Å². The SMILES string of the molecule is CC/C=C/C/C=C/C/C=C/CCCCCCCC(=O)OC[C@H](COP(=O)(O)OC1C(O)C(O)C(O)[C@@H](O)C1O)OC(=O)CCCCCCCCCCCCC/C=C/CCCCCCCC. The number of carbonyl (C=O) groups excluding carboxylic acids is 2. The maximum Gasteiger partial charge on any atom is 0.472 e. The predicted octanol–water partition coefficient (Wildman–Crippen LogP) is 10.7. The van der Waals surface area contributed by atoms with Gasteiger partial charge in [-0.3, -0.25) is 18.6 Å². The summed E-state index contributed by atoms with van der Waals surface area (Å²) in [6.45, 7) is 3.19. The second-order valence-electron chi connectivity index (χ2n) is 17.6. The van der Waals surface area contributed by atoms with Gasteiger partial charge in [-0.15, -0.1) is 0 Å². The lowest BCUT2D eigenvalue weighted by molar-refractivity contribution is -0.220. The summed E-state index contributed by atoms with van der Waals surface area (Å²) in [4.78, 5) is 35.8. The molecule has 0 amide bonds. The number of ether oxygens (including phenoxy) is 2. The van der Waals surface area contributed by atoms with Crippen LogP contribution < -0.4 is 0 Å². The number of phosphoric acid groups is 1. The number of allylic oxidation sites excluding steroid dienone is 8. The van der Waals surface area contributed by atoms with Crippen molar-refractivity contribution >= 4 is 19.8 Å². The van der Waals surface area contributed by atoms with Gasteiger partial charge in [0.15, 0.2) is 6.10 Å². The minimum Gasteiger partial charge on any atom is -0.462 e. The molecule has 0 spiro atoms. The van der Waals surface area contributed by atoms with Crippen LogP contribution in [0.2, 0.25) is 0 Å². The van der Waals surface area contributed by atoms with Crippen LogP contribution in [0.15, 0.2) is 48.6 Å². The van der Waals surface area contributed by atoms with Crippen molar-refractivity contribution in [1.29, 1.82) is 0 Å². The summed E-state index contributed by atoms with van der Waals surface area (Å²) < 4.78 is 33.6. The molecule has 0 aromatic rings. The Morgan fingerprint density at radius 2 is 0.877 bits per heavy atom. The number of unbranched alkanes of at least 4 members (excludes halogenated alkanes) is 22. The van der Waals surface area contributed by atoms with Gasteiger partial charge in [0, 0.05) is 12.8 Å². The van der Waals surface area contributed by atoms with Crippen molar-refractivity contribution in [2.24, 2.45) is 0 Å². The van der Waals surface area contributed by atoms with Crippen LogP contribution in [0, 0.1) is 0 Å². The van der Waals surface area contributed by atoms with Gasteiger partial charge in [-0.1, -0.05) is 172 Å². The summed E-state index contributed by atoms with van der Waals surface area (Å²) in [5.74, 6) is -1.12. The molecule has 0 radical (unpaired) electrons. The zero-order chi connectivity index (χ0) is 47.8. The quantitative estimate of drug-likeness (QED) is 0.0146. The number of aliphatic hydroxyl groups excluding tert-OH is 5. The van der Waals surface area contributed by atoms with Crippen LogP contribution >= 0.6 is 7.82 Å². The van der Waals surface area contributed by atoms with Gasteiger partial charge in [0.25, 0.3) is 0 Å². The average molecular weight is 943 g/mol. The van der Waals surface area contributed by atoms with Gasteiger partial charge in [0.1, 0.15) is 43.2 Å². The predicted molar refractivity (Wildman–Crippen MR) is 258 cm³/mol. The molecule has 14 heteroatoms. The van der Waals surface area contributed by atoms with E-state index in [2.05, 4.69) is 62.5 Å². The monoisotopic (exact) mass is 943 g/mol. The van der Waals surface area contributed by atoms with Crippen molar-refractivity contribution in [3.63, 3.8) is 0 Å². The Labute approximate surface area is 392 Å². The fourth-order valence-electron chi connectivity index (χ4n) is 7.59. The minimum absolute atomic E-state index is 0.0916. The van der Waals surface area contributed by atoms with Gasteiger partial charge in [0.05, 0.1) is 6.61 Å². The average Bonchev–Trinajstić information content (AvgIpc) is 3.29. The second kappa shape index (κ2) is 40.8. The number of phosphoric ester groups is 1. The van der Waals surface area contributed by atoms with Crippen molar-refractivity contribution in [3.05, 3.63) is 48.6 Å². The molecular weight excluding hydrogens is 852 g/mol. The van der Waals surface area contributed by atoms with E-state index in [1.54, 1.807) is 0 Å². The van der Waals surface area contributed by atoms with E-state index in [1.165, 1.54) is 89.9 Å². The molecule has 378 valence electrons. The van der Waals surface area contributed by atoms with Gasteiger partial charge in [0.2, 0.25) is 0 Å². The minimum atomic E-state index is -5.13. The van der Waals surface area contributed by atoms with E-state index in [9.17, 15) is 44.6 Å². The highest BCUT2D eigenvalue weighted by molar-refractivity contribution is 7.47. The lowest BCUT2D eigenvalue weighted by atomic mass is 9.85. The van der Waals surface area contributed by atoms with Crippen molar-refractivity contribution < 1.29 is 63.1 Å². The van der Waals surface area contributed by atoms with Crippen LogP contribution in [-0.4, -0.2) is 98.3 Å². The molecule has 1 rings (SSSR count). The van der Waals surface area contributed by atoms with E-state index in [0.717, 1.165) is 77.0 Å². The van der Waals surface area contributed by atoms with Gasteiger partial charge < -0.3 is 39.9 Å². The summed E-state index contributed by atoms with van der Waals surface area (Å²) in [6, 6.07) is 0. The molecule has 0 aliphatic heterocycles. The Morgan fingerprint density at radius 1 is 0.492 bits per heavy atom. The molecule has 1 aliphatic carbocycles. The Bertz CT molecular complexity index is 1320. The smallest absolute Gasteiger partial charge is 0.462 e. The van der Waals surface area contributed by atoms with Crippen molar-refractivity contribution in [2.75, 3.05) is 13.2 Å². The number of carbonyl (C=O) groups is 2. The van der Waals surface area contributed by atoms with Crippen LogP contribution in [0.3, 0.4) is 0 Å². The molecule has 1 aliphatic rings. The Kier molecular flexibility index (Phi) is 38.2. The van der Waals surface area contributed by atoms with Crippen LogP contribution in [-0.2, 0) is 32.7 Å². The number of esters is 2. The molecular formula is C51H91O13P. The molecule has 1 saturated carbocycles. The largest absolute Gasteiger partial charge is 0.472 e. The number of aliphatic hydroxyl groups is 5. The van der Waals surface area contributed by atoms with Gasteiger partial charge in [-0.05, 0) is 70.6 Å². The molecule has 0 heterocycles. The number of hydrogen-bond acceptors (Lipinski definition) is 12. The zero-order valence-electron chi connectivity index (χ0n) is 40.3. The van der Waals surface area contributed by atoms with Crippen molar-refractivity contribution in [3.8, 4) is 0 Å². The third kappa shape index (κ3) is 33.0. The topological polar surface area (TPSA) is 210 Å². The standard InChI is InChI=1S/C51H91O13P/c1-3-5-7-9-11-13-15-17-19-20-21-22-23-24-26-28-30-32-34-36-38-40-45(53)63-43(42-62-65(59,60)64-51-49(57)47(55)46(54)48(56)50(51)58)41-61-44(52)39-37-35-33-31-29-27-25-18-16-14-12-10-8-6-4-2/h6,8,12,14,17-19,25,43,46-51,54-58H,3-5,7,9-11,13,15-16,20-24,26-42H2,1-2H3,(H,59,60)/b8-6+,14-12+,19-17+,25-18+/t43-,46?,47-,48?,49?,50?,51?/m1/s1. The van der Waals surface area contributed by atoms with Crippen molar-refractivity contribution in [1.82, 2.24) is 0 Å².